The number of carboxylic acid groups (broad SMARTS) is 1. The zero-order valence-electron chi connectivity index (χ0n) is 12.6. The van der Waals surface area contributed by atoms with Crippen LogP contribution in [0.5, 0.6) is 0 Å². The molecule has 2 amide bonds. The highest BCUT2D eigenvalue weighted by atomic mass is 16.4. The zero-order chi connectivity index (χ0) is 15.2. The second kappa shape index (κ2) is 7.31. The van der Waals surface area contributed by atoms with Gasteiger partial charge in [-0.15, -0.1) is 6.58 Å². The van der Waals surface area contributed by atoms with Crippen molar-refractivity contribution in [3.05, 3.63) is 12.7 Å². The van der Waals surface area contributed by atoms with E-state index in [9.17, 15) is 14.7 Å². The summed E-state index contributed by atoms with van der Waals surface area (Å²) in [6.07, 6.45) is 6.35. The topological polar surface area (TPSA) is 60.9 Å². The summed E-state index contributed by atoms with van der Waals surface area (Å²) in [5.41, 5.74) is -0.532. The number of hydrogen-bond acceptors (Lipinski definition) is 2. The predicted molar refractivity (Wildman–Crippen MR) is 78.7 cm³/mol. The molecule has 0 spiro atoms. The maximum Gasteiger partial charge on any atom is 0.320 e. The van der Waals surface area contributed by atoms with Crippen molar-refractivity contribution in [2.45, 2.75) is 51.0 Å². The van der Waals surface area contributed by atoms with E-state index in [1.165, 1.54) is 0 Å². The Balaban J connectivity index is 2.91. The quantitative estimate of drug-likeness (QED) is 0.762. The Bertz CT molecular complexity index is 362. The predicted octanol–water partition coefficient (Wildman–Crippen LogP) is 2.72. The fourth-order valence-corrected chi connectivity index (χ4v) is 3.04. The van der Waals surface area contributed by atoms with Crippen LogP contribution >= 0.6 is 0 Å². The number of carbonyl (C=O) groups is 2. The van der Waals surface area contributed by atoms with Gasteiger partial charge in [0, 0.05) is 20.1 Å². The van der Waals surface area contributed by atoms with Gasteiger partial charge in [-0.3, -0.25) is 4.79 Å². The van der Waals surface area contributed by atoms with E-state index in [1.807, 2.05) is 6.92 Å². The molecule has 1 fully saturated rings. The third kappa shape index (κ3) is 3.74. The number of hydrogen-bond donors (Lipinski definition) is 1. The fourth-order valence-electron chi connectivity index (χ4n) is 3.04. The van der Waals surface area contributed by atoms with Gasteiger partial charge in [-0.25, -0.2) is 4.79 Å². The molecule has 1 aliphatic carbocycles. The standard InChI is InChI=1S/C15H26N2O3/c1-4-11-17(5-2)14(20)16(3)15(12-13(18)19)9-7-6-8-10-15/h4H,1,5-12H2,2-3H3,(H,18,19). The lowest BCUT2D eigenvalue weighted by Crippen LogP contribution is -2.56. The number of aliphatic carboxylic acids is 1. The molecule has 0 aliphatic heterocycles. The number of likely N-dealkylation sites (N-methyl/N-ethyl adjacent to an activating group) is 1. The highest BCUT2D eigenvalue weighted by Gasteiger charge is 2.41. The number of urea groups is 1. The van der Waals surface area contributed by atoms with E-state index in [1.54, 1.807) is 22.9 Å². The van der Waals surface area contributed by atoms with E-state index in [2.05, 4.69) is 6.58 Å². The molecule has 20 heavy (non-hydrogen) atoms. The molecule has 114 valence electrons. The van der Waals surface area contributed by atoms with Crippen LogP contribution in [0.15, 0.2) is 12.7 Å². The summed E-state index contributed by atoms with van der Waals surface area (Å²) in [4.78, 5) is 27.1. The SMILES string of the molecule is C=CCN(CC)C(=O)N(C)C1(CC(=O)O)CCCCC1. The maximum atomic E-state index is 12.6. The van der Waals surface area contributed by atoms with Crippen LogP contribution in [0.25, 0.3) is 0 Å². The van der Waals surface area contributed by atoms with Gasteiger partial charge >= 0.3 is 12.0 Å². The van der Waals surface area contributed by atoms with E-state index in [0.717, 1.165) is 32.1 Å². The van der Waals surface area contributed by atoms with Crippen LogP contribution in [0, 0.1) is 0 Å². The third-order valence-corrected chi connectivity index (χ3v) is 4.26. The number of rotatable bonds is 6. The molecular weight excluding hydrogens is 256 g/mol. The highest BCUT2D eigenvalue weighted by molar-refractivity contribution is 5.77. The van der Waals surface area contributed by atoms with E-state index >= 15 is 0 Å². The van der Waals surface area contributed by atoms with Gasteiger partial charge in [0.05, 0.1) is 12.0 Å². The first kappa shape index (κ1) is 16.5. The lowest BCUT2D eigenvalue weighted by Gasteiger charge is -2.45. The minimum atomic E-state index is -0.835. The second-order valence-corrected chi connectivity index (χ2v) is 5.52. The largest absolute Gasteiger partial charge is 0.481 e. The van der Waals surface area contributed by atoms with E-state index < -0.39 is 11.5 Å². The van der Waals surface area contributed by atoms with Crippen molar-refractivity contribution in [1.29, 1.82) is 0 Å². The van der Waals surface area contributed by atoms with Crippen molar-refractivity contribution in [2.75, 3.05) is 20.1 Å². The molecule has 0 bridgehead atoms. The van der Waals surface area contributed by atoms with Gasteiger partial charge in [0.1, 0.15) is 0 Å². The summed E-state index contributed by atoms with van der Waals surface area (Å²) in [6, 6.07) is -0.101. The molecule has 1 N–H and O–H groups in total. The molecular formula is C15H26N2O3. The van der Waals surface area contributed by atoms with Crippen molar-refractivity contribution in [2.24, 2.45) is 0 Å². The molecule has 0 saturated heterocycles. The van der Waals surface area contributed by atoms with Crippen molar-refractivity contribution >= 4 is 12.0 Å². The molecule has 0 unspecified atom stereocenters. The lowest BCUT2D eigenvalue weighted by atomic mass is 9.78. The summed E-state index contributed by atoms with van der Waals surface area (Å²) >= 11 is 0. The maximum absolute atomic E-state index is 12.6. The smallest absolute Gasteiger partial charge is 0.320 e. The summed E-state index contributed by atoms with van der Waals surface area (Å²) in [7, 11) is 1.74. The van der Waals surface area contributed by atoms with Crippen molar-refractivity contribution < 1.29 is 14.7 Å². The normalized spacial score (nSPS) is 17.3. The first-order chi connectivity index (χ1) is 9.46. The Morgan fingerprint density at radius 3 is 2.35 bits per heavy atom. The number of amides is 2. The molecule has 0 aromatic rings. The van der Waals surface area contributed by atoms with Crippen LogP contribution < -0.4 is 0 Å². The second-order valence-electron chi connectivity index (χ2n) is 5.52. The number of carbonyl (C=O) groups excluding carboxylic acids is 1. The average molecular weight is 282 g/mol. The molecule has 1 rings (SSSR count). The summed E-state index contributed by atoms with van der Waals surface area (Å²) in [5.74, 6) is -0.835. The van der Waals surface area contributed by atoms with Crippen LogP contribution in [-0.4, -0.2) is 52.6 Å². The molecule has 0 atom stereocenters. The van der Waals surface area contributed by atoms with E-state index in [4.69, 9.17) is 0 Å². The summed E-state index contributed by atoms with van der Waals surface area (Å²) in [6.45, 7) is 6.66. The van der Waals surface area contributed by atoms with Crippen LogP contribution in [0.4, 0.5) is 4.79 Å². The minimum absolute atomic E-state index is 0.0287. The first-order valence-electron chi connectivity index (χ1n) is 7.32. The molecule has 0 radical (unpaired) electrons. The van der Waals surface area contributed by atoms with E-state index in [-0.39, 0.29) is 12.5 Å². The van der Waals surface area contributed by atoms with Gasteiger partial charge in [-0.2, -0.15) is 0 Å². The lowest BCUT2D eigenvalue weighted by molar-refractivity contribution is -0.140. The van der Waals surface area contributed by atoms with Gasteiger partial charge in [0.25, 0.3) is 0 Å². The molecule has 0 aromatic carbocycles. The van der Waals surface area contributed by atoms with Crippen LogP contribution in [0.3, 0.4) is 0 Å². The monoisotopic (exact) mass is 282 g/mol. The van der Waals surface area contributed by atoms with Crippen molar-refractivity contribution in [1.82, 2.24) is 9.80 Å². The van der Waals surface area contributed by atoms with Gasteiger partial charge < -0.3 is 14.9 Å². The Morgan fingerprint density at radius 2 is 1.90 bits per heavy atom. The Labute approximate surface area is 121 Å². The van der Waals surface area contributed by atoms with Gasteiger partial charge in [0.2, 0.25) is 0 Å². The van der Waals surface area contributed by atoms with Gasteiger partial charge in [0.15, 0.2) is 0 Å². The Kier molecular flexibility index (Phi) is 6.05. The fraction of sp³-hybridized carbons (Fsp3) is 0.733. The van der Waals surface area contributed by atoms with Gasteiger partial charge in [-0.1, -0.05) is 25.3 Å². The van der Waals surface area contributed by atoms with Crippen molar-refractivity contribution in [3.63, 3.8) is 0 Å². The summed E-state index contributed by atoms with van der Waals surface area (Å²) < 4.78 is 0. The van der Waals surface area contributed by atoms with Crippen LogP contribution in [0.1, 0.15) is 45.4 Å². The molecule has 5 nitrogen and oxygen atoms in total. The molecule has 5 heteroatoms. The van der Waals surface area contributed by atoms with E-state index in [0.29, 0.717) is 13.1 Å². The molecule has 1 aliphatic rings. The van der Waals surface area contributed by atoms with Crippen molar-refractivity contribution in [3.8, 4) is 0 Å². The number of carboxylic acids is 1. The van der Waals surface area contributed by atoms with Crippen LogP contribution in [0.2, 0.25) is 0 Å². The molecule has 1 saturated carbocycles. The average Bonchev–Trinajstić information content (AvgIpc) is 2.43. The first-order valence-corrected chi connectivity index (χ1v) is 7.32. The minimum Gasteiger partial charge on any atom is -0.481 e. The molecule has 0 aromatic heterocycles. The highest BCUT2D eigenvalue weighted by Crippen LogP contribution is 2.36. The third-order valence-electron chi connectivity index (χ3n) is 4.26. The zero-order valence-corrected chi connectivity index (χ0v) is 12.6. The Hall–Kier alpha value is -1.52. The molecule has 0 heterocycles. The number of nitrogens with zero attached hydrogens (tertiary/aromatic N) is 2. The van der Waals surface area contributed by atoms with Crippen LogP contribution in [-0.2, 0) is 4.79 Å². The Morgan fingerprint density at radius 1 is 1.30 bits per heavy atom. The summed E-state index contributed by atoms with van der Waals surface area (Å²) in [5, 5.41) is 9.19. The van der Waals surface area contributed by atoms with Gasteiger partial charge in [-0.05, 0) is 19.8 Å².